The van der Waals surface area contributed by atoms with E-state index in [1.54, 1.807) is 19.6 Å². The Labute approximate surface area is 176 Å². The molecule has 6 heteroatoms. The fourth-order valence-corrected chi connectivity index (χ4v) is 3.86. The third-order valence-corrected chi connectivity index (χ3v) is 5.34. The van der Waals surface area contributed by atoms with Gasteiger partial charge in [0.1, 0.15) is 5.75 Å². The smallest absolute Gasteiger partial charge is 0.258 e. The lowest BCUT2D eigenvalue weighted by Gasteiger charge is -2.09. The highest BCUT2D eigenvalue weighted by molar-refractivity contribution is 6.14. The summed E-state index contributed by atoms with van der Waals surface area (Å²) in [5.41, 5.74) is 4.63. The summed E-state index contributed by atoms with van der Waals surface area (Å²) in [4.78, 5) is 17.3. The monoisotopic (exact) mass is 402 g/mol. The van der Waals surface area contributed by atoms with Gasteiger partial charge in [-0.15, -0.1) is 0 Å². The molecule has 0 saturated heterocycles. The Morgan fingerprint density at radius 3 is 2.63 bits per heavy atom. The van der Waals surface area contributed by atoms with Crippen molar-refractivity contribution < 1.29 is 9.53 Å². The number of ether oxygens (including phenoxy) is 1. The van der Waals surface area contributed by atoms with E-state index in [1.165, 1.54) is 0 Å². The number of imidazole rings is 1. The van der Waals surface area contributed by atoms with Crippen LogP contribution in [0.5, 0.6) is 5.75 Å². The van der Waals surface area contributed by atoms with Crippen LogP contribution in [0.2, 0.25) is 0 Å². The van der Waals surface area contributed by atoms with E-state index in [0.717, 1.165) is 53.1 Å². The van der Waals surface area contributed by atoms with Gasteiger partial charge >= 0.3 is 0 Å². The number of nitrogens with zero attached hydrogens (tertiary/aromatic N) is 3. The van der Waals surface area contributed by atoms with E-state index in [0.29, 0.717) is 5.56 Å². The molecule has 0 aliphatic rings. The van der Waals surface area contributed by atoms with Crippen LogP contribution in [0.4, 0.5) is 5.69 Å². The Kier molecular flexibility index (Phi) is 5.57. The molecule has 0 aliphatic heterocycles. The zero-order valence-corrected chi connectivity index (χ0v) is 17.6. The van der Waals surface area contributed by atoms with Crippen LogP contribution in [0.25, 0.3) is 10.9 Å². The van der Waals surface area contributed by atoms with Crippen molar-refractivity contribution in [2.45, 2.75) is 33.4 Å². The highest BCUT2D eigenvalue weighted by Gasteiger charge is 2.20. The normalized spacial score (nSPS) is 11.0. The summed E-state index contributed by atoms with van der Waals surface area (Å²) >= 11 is 0. The van der Waals surface area contributed by atoms with Crippen LogP contribution < -0.4 is 10.1 Å². The van der Waals surface area contributed by atoms with Gasteiger partial charge in [0.2, 0.25) is 0 Å². The van der Waals surface area contributed by atoms with Gasteiger partial charge in [-0.1, -0.05) is 19.1 Å². The number of aryl methyl sites for hydroxylation is 1. The number of nitrogens with one attached hydrogen (secondary N) is 1. The van der Waals surface area contributed by atoms with E-state index in [4.69, 9.17) is 4.74 Å². The lowest BCUT2D eigenvalue weighted by Crippen LogP contribution is -2.13. The van der Waals surface area contributed by atoms with Crippen molar-refractivity contribution in [2.75, 3.05) is 12.4 Å². The lowest BCUT2D eigenvalue weighted by atomic mass is 10.1. The maximum atomic E-state index is 13.2. The number of anilines is 1. The van der Waals surface area contributed by atoms with Crippen molar-refractivity contribution in [3.63, 3.8) is 0 Å². The summed E-state index contributed by atoms with van der Waals surface area (Å²) in [7, 11) is 1.64. The van der Waals surface area contributed by atoms with E-state index in [9.17, 15) is 4.79 Å². The first-order valence-corrected chi connectivity index (χ1v) is 10.1. The number of aromatic nitrogens is 3. The number of hydrogen-bond acceptors (Lipinski definition) is 3. The van der Waals surface area contributed by atoms with Crippen LogP contribution in [0.15, 0.2) is 61.2 Å². The Hall–Kier alpha value is -3.54. The molecule has 4 aromatic rings. The summed E-state index contributed by atoms with van der Waals surface area (Å²) in [6.45, 7) is 5.76. The number of carbonyl (C=O) groups is 1. The molecule has 30 heavy (non-hydrogen) atoms. The molecule has 4 rings (SSSR count). The summed E-state index contributed by atoms with van der Waals surface area (Å²) in [6.07, 6.45) is 6.48. The molecule has 1 N–H and O–H groups in total. The second kappa shape index (κ2) is 8.45. The van der Waals surface area contributed by atoms with Gasteiger partial charge in [-0.25, -0.2) is 4.98 Å². The number of carbonyl (C=O) groups excluding carboxylic acids is 1. The third kappa shape index (κ3) is 3.81. The number of benzene rings is 2. The van der Waals surface area contributed by atoms with E-state index in [2.05, 4.69) is 21.8 Å². The highest BCUT2D eigenvalue weighted by atomic mass is 16.5. The first kappa shape index (κ1) is 19.8. The van der Waals surface area contributed by atoms with Crippen molar-refractivity contribution >= 4 is 22.5 Å². The molecule has 0 saturated carbocycles. The predicted octanol–water partition coefficient (Wildman–Crippen LogP) is 4.87. The number of amides is 1. The molecule has 0 bridgehead atoms. The topological polar surface area (TPSA) is 61.1 Å². The average Bonchev–Trinajstić information content (AvgIpc) is 3.35. The highest BCUT2D eigenvalue weighted by Crippen LogP contribution is 2.30. The molecule has 0 unspecified atom stereocenters. The minimum absolute atomic E-state index is 0.108. The summed E-state index contributed by atoms with van der Waals surface area (Å²) < 4.78 is 9.61. The average molecular weight is 402 g/mol. The number of hydrogen-bond donors (Lipinski definition) is 1. The van der Waals surface area contributed by atoms with Gasteiger partial charge in [-0.3, -0.25) is 4.79 Å². The van der Waals surface area contributed by atoms with E-state index < -0.39 is 0 Å². The Morgan fingerprint density at radius 2 is 1.97 bits per heavy atom. The maximum absolute atomic E-state index is 13.2. The van der Waals surface area contributed by atoms with Crippen molar-refractivity contribution in [1.82, 2.24) is 14.1 Å². The first-order chi connectivity index (χ1) is 14.6. The molecule has 2 heterocycles. The van der Waals surface area contributed by atoms with Crippen molar-refractivity contribution in [3.8, 4) is 5.75 Å². The Bertz CT molecular complexity index is 1160. The summed E-state index contributed by atoms with van der Waals surface area (Å²) in [5.74, 6) is 0.636. The molecule has 0 radical (unpaired) electrons. The molecular formula is C24H26N4O2. The number of rotatable bonds is 7. The number of fused-ring (bicyclic) bond motifs is 1. The van der Waals surface area contributed by atoms with Crippen LogP contribution in [-0.4, -0.2) is 27.1 Å². The Morgan fingerprint density at radius 1 is 1.17 bits per heavy atom. The van der Waals surface area contributed by atoms with Crippen LogP contribution in [0.3, 0.4) is 0 Å². The van der Waals surface area contributed by atoms with Gasteiger partial charge in [0, 0.05) is 47.8 Å². The van der Waals surface area contributed by atoms with E-state index >= 15 is 0 Å². The van der Waals surface area contributed by atoms with Crippen LogP contribution in [0, 0.1) is 6.92 Å². The zero-order chi connectivity index (χ0) is 21.1. The molecule has 0 fully saturated rings. The molecule has 0 spiro atoms. The van der Waals surface area contributed by atoms with E-state index in [1.807, 2.05) is 60.2 Å². The van der Waals surface area contributed by atoms with Gasteiger partial charge in [-0.05, 0) is 49.2 Å². The molecule has 0 atom stereocenters. The molecule has 2 aromatic carbocycles. The summed E-state index contributed by atoms with van der Waals surface area (Å²) in [6, 6.07) is 13.8. The molecule has 154 valence electrons. The molecule has 1 amide bonds. The molecule has 2 aromatic heterocycles. The van der Waals surface area contributed by atoms with Crippen LogP contribution >= 0.6 is 0 Å². The minimum Gasteiger partial charge on any atom is -0.497 e. The SMILES string of the molecule is CCCn1c(C)c(C(=O)Nc2ccc(Cn3ccnc3)cc2)c2cc(OC)ccc21. The molecular weight excluding hydrogens is 376 g/mol. The zero-order valence-electron chi connectivity index (χ0n) is 17.6. The third-order valence-electron chi connectivity index (χ3n) is 5.34. The van der Waals surface area contributed by atoms with Gasteiger partial charge in [0.25, 0.3) is 5.91 Å². The second-order valence-corrected chi connectivity index (χ2v) is 7.38. The lowest BCUT2D eigenvalue weighted by molar-refractivity contribution is 0.102. The van der Waals surface area contributed by atoms with Crippen molar-refractivity contribution in [2.24, 2.45) is 0 Å². The predicted molar refractivity (Wildman–Crippen MR) is 119 cm³/mol. The van der Waals surface area contributed by atoms with Crippen LogP contribution in [-0.2, 0) is 13.1 Å². The van der Waals surface area contributed by atoms with Gasteiger partial charge in [-0.2, -0.15) is 0 Å². The van der Waals surface area contributed by atoms with E-state index in [-0.39, 0.29) is 5.91 Å². The molecule has 6 nitrogen and oxygen atoms in total. The minimum atomic E-state index is -0.108. The number of methoxy groups -OCH3 is 1. The second-order valence-electron chi connectivity index (χ2n) is 7.38. The largest absolute Gasteiger partial charge is 0.497 e. The fourth-order valence-electron chi connectivity index (χ4n) is 3.86. The first-order valence-electron chi connectivity index (χ1n) is 10.1. The van der Waals surface area contributed by atoms with Gasteiger partial charge in [0.05, 0.1) is 19.0 Å². The van der Waals surface area contributed by atoms with Crippen LogP contribution in [0.1, 0.15) is 35.0 Å². The quantitative estimate of drug-likeness (QED) is 0.480. The molecule has 0 aliphatic carbocycles. The van der Waals surface area contributed by atoms with Gasteiger partial charge < -0.3 is 19.2 Å². The maximum Gasteiger partial charge on any atom is 0.258 e. The standard InChI is InChI=1S/C24H26N4O2/c1-4-12-28-17(2)23(21-14-20(30-3)9-10-22(21)28)24(29)26-19-7-5-18(6-8-19)15-27-13-11-25-16-27/h5-11,13-14,16H,4,12,15H2,1-3H3,(H,26,29). The summed E-state index contributed by atoms with van der Waals surface area (Å²) in [5, 5.41) is 3.97. The fraction of sp³-hybridized carbons (Fsp3) is 0.250. The Balaban J connectivity index is 1.62. The van der Waals surface area contributed by atoms with Crippen molar-refractivity contribution in [3.05, 3.63) is 78.0 Å². The van der Waals surface area contributed by atoms with Gasteiger partial charge in [0.15, 0.2) is 0 Å². The van der Waals surface area contributed by atoms with Crippen molar-refractivity contribution in [1.29, 1.82) is 0 Å².